The van der Waals surface area contributed by atoms with Gasteiger partial charge in [0.25, 0.3) is 5.91 Å². The molecule has 0 aromatic carbocycles. The van der Waals surface area contributed by atoms with Crippen molar-refractivity contribution in [1.82, 2.24) is 9.88 Å². The van der Waals surface area contributed by atoms with Crippen molar-refractivity contribution in [3.05, 3.63) is 11.1 Å². The molecule has 0 fully saturated rings. The third-order valence-corrected chi connectivity index (χ3v) is 3.33. The Morgan fingerprint density at radius 2 is 2.00 bits per heavy atom. The molecular weight excluding hydrogens is 335 g/mol. The Balaban J connectivity index is 0. The number of nitrogens with two attached hydrogens (primary N) is 1. The van der Waals surface area contributed by atoms with Crippen LogP contribution in [0, 0.1) is 5.41 Å². The second-order valence-electron chi connectivity index (χ2n) is 5.25. The number of nitrogens with zero attached hydrogens (tertiary/aromatic N) is 2. The van der Waals surface area contributed by atoms with Crippen molar-refractivity contribution < 1.29 is 9.59 Å². The fourth-order valence-corrected chi connectivity index (χ4v) is 2.28. The van der Waals surface area contributed by atoms with Crippen molar-refractivity contribution >= 4 is 53.1 Å². The third kappa shape index (κ3) is 7.08. The molecule has 1 heterocycles. The first-order valence-electron chi connectivity index (χ1n) is 5.94. The molecule has 122 valence electrons. The first-order chi connectivity index (χ1) is 8.75. The molecule has 6 nitrogen and oxygen atoms in total. The number of amides is 2. The summed E-state index contributed by atoms with van der Waals surface area (Å²) in [7, 11) is 1.72. The Morgan fingerprint density at radius 3 is 2.48 bits per heavy atom. The predicted octanol–water partition coefficient (Wildman–Crippen LogP) is 2.00. The molecule has 3 N–H and O–H groups in total. The SMILES string of the molecule is CC(=O)Nc1nc(C(=O)N(C)CC(C)(C)CN)cs1.Cl.Cl. The van der Waals surface area contributed by atoms with Gasteiger partial charge in [0.2, 0.25) is 5.91 Å². The number of aromatic nitrogens is 1. The molecule has 9 heteroatoms. The molecule has 1 rings (SSSR count). The summed E-state index contributed by atoms with van der Waals surface area (Å²) in [5.41, 5.74) is 5.85. The van der Waals surface area contributed by atoms with Crippen molar-refractivity contribution in [3.8, 4) is 0 Å². The van der Waals surface area contributed by atoms with E-state index in [0.29, 0.717) is 23.9 Å². The van der Waals surface area contributed by atoms with Crippen LogP contribution in [0.3, 0.4) is 0 Å². The van der Waals surface area contributed by atoms with E-state index in [1.165, 1.54) is 18.3 Å². The number of anilines is 1. The second kappa shape index (κ2) is 9.19. The van der Waals surface area contributed by atoms with Crippen LogP contribution in [0.4, 0.5) is 5.13 Å². The lowest BCUT2D eigenvalue weighted by Crippen LogP contribution is -2.39. The van der Waals surface area contributed by atoms with Gasteiger partial charge in [-0.1, -0.05) is 13.8 Å². The fraction of sp³-hybridized carbons (Fsp3) is 0.583. The molecule has 1 aromatic heterocycles. The van der Waals surface area contributed by atoms with E-state index in [9.17, 15) is 9.59 Å². The summed E-state index contributed by atoms with van der Waals surface area (Å²) in [5.74, 6) is -0.375. The van der Waals surface area contributed by atoms with Crippen LogP contribution in [-0.2, 0) is 4.79 Å². The molecule has 0 saturated heterocycles. The van der Waals surface area contributed by atoms with Crippen LogP contribution in [0.2, 0.25) is 0 Å². The van der Waals surface area contributed by atoms with Gasteiger partial charge in [0.1, 0.15) is 5.69 Å². The zero-order chi connectivity index (χ0) is 14.6. The topological polar surface area (TPSA) is 88.3 Å². The van der Waals surface area contributed by atoms with Gasteiger partial charge in [-0.05, 0) is 12.0 Å². The zero-order valence-corrected chi connectivity index (χ0v) is 15.0. The van der Waals surface area contributed by atoms with Gasteiger partial charge in [-0.2, -0.15) is 0 Å². The molecule has 0 bridgehead atoms. The molecule has 0 saturated carbocycles. The highest BCUT2D eigenvalue weighted by molar-refractivity contribution is 7.14. The maximum atomic E-state index is 12.2. The van der Waals surface area contributed by atoms with Gasteiger partial charge in [0.15, 0.2) is 5.13 Å². The predicted molar refractivity (Wildman–Crippen MR) is 90.7 cm³/mol. The first-order valence-corrected chi connectivity index (χ1v) is 6.82. The van der Waals surface area contributed by atoms with Crippen molar-refractivity contribution in [2.75, 3.05) is 25.5 Å². The second-order valence-corrected chi connectivity index (χ2v) is 6.11. The minimum atomic E-state index is -0.203. The Hall–Kier alpha value is -0.890. The first kappa shape index (κ1) is 22.4. The summed E-state index contributed by atoms with van der Waals surface area (Å²) < 4.78 is 0. The van der Waals surface area contributed by atoms with Crippen LogP contribution in [0.25, 0.3) is 0 Å². The van der Waals surface area contributed by atoms with Crippen LogP contribution in [0.1, 0.15) is 31.3 Å². The average molecular weight is 357 g/mol. The number of rotatable bonds is 5. The number of carbonyl (C=O) groups is 2. The lowest BCUT2D eigenvalue weighted by molar-refractivity contribution is -0.114. The van der Waals surface area contributed by atoms with Crippen LogP contribution in [-0.4, -0.2) is 41.8 Å². The van der Waals surface area contributed by atoms with Gasteiger partial charge in [-0.25, -0.2) is 4.98 Å². The maximum Gasteiger partial charge on any atom is 0.273 e. The molecule has 2 amide bonds. The minimum absolute atomic E-state index is 0. The lowest BCUT2D eigenvalue weighted by atomic mass is 9.93. The van der Waals surface area contributed by atoms with E-state index < -0.39 is 0 Å². The van der Waals surface area contributed by atoms with Gasteiger partial charge in [0, 0.05) is 25.9 Å². The molecule has 0 unspecified atom stereocenters. The molecule has 0 spiro atoms. The highest BCUT2D eigenvalue weighted by Gasteiger charge is 2.23. The minimum Gasteiger partial charge on any atom is -0.340 e. The van der Waals surface area contributed by atoms with E-state index in [0.717, 1.165) is 0 Å². The molecule has 0 aliphatic rings. The van der Waals surface area contributed by atoms with Crippen molar-refractivity contribution in [3.63, 3.8) is 0 Å². The lowest BCUT2D eigenvalue weighted by Gasteiger charge is -2.28. The summed E-state index contributed by atoms with van der Waals surface area (Å²) in [6, 6.07) is 0. The van der Waals surface area contributed by atoms with E-state index >= 15 is 0 Å². The van der Waals surface area contributed by atoms with E-state index in [4.69, 9.17) is 5.73 Å². The molecule has 0 atom stereocenters. The van der Waals surface area contributed by atoms with Crippen LogP contribution in [0.15, 0.2) is 5.38 Å². The van der Waals surface area contributed by atoms with E-state index in [-0.39, 0.29) is 42.0 Å². The van der Waals surface area contributed by atoms with Gasteiger partial charge in [-0.15, -0.1) is 36.2 Å². The highest BCUT2D eigenvalue weighted by atomic mass is 35.5. The quantitative estimate of drug-likeness (QED) is 0.844. The Bertz CT molecular complexity index is 480. The Morgan fingerprint density at radius 1 is 1.43 bits per heavy atom. The third-order valence-electron chi connectivity index (χ3n) is 2.57. The number of hydrogen-bond acceptors (Lipinski definition) is 5. The maximum absolute atomic E-state index is 12.2. The van der Waals surface area contributed by atoms with Gasteiger partial charge in [0.05, 0.1) is 0 Å². The number of halogens is 2. The molecule has 0 aliphatic heterocycles. The van der Waals surface area contributed by atoms with Gasteiger partial charge in [-0.3, -0.25) is 9.59 Å². The summed E-state index contributed by atoms with van der Waals surface area (Å²) in [4.78, 5) is 28.7. The fourth-order valence-electron chi connectivity index (χ4n) is 1.55. The smallest absolute Gasteiger partial charge is 0.273 e. The Labute approximate surface area is 141 Å². The summed E-state index contributed by atoms with van der Waals surface area (Å²) in [6.45, 7) is 6.45. The van der Waals surface area contributed by atoms with Gasteiger partial charge >= 0.3 is 0 Å². The van der Waals surface area contributed by atoms with E-state index in [1.54, 1.807) is 17.3 Å². The number of carbonyl (C=O) groups excluding carboxylic acids is 2. The van der Waals surface area contributed by atoms with E-state index in [1.807, 2.05) is 13.8 Å². The molecule has 0 aliphatic carbocycles. The molecule has 1 aromatic rings. The molecule has 0 radical (unpaired) electrons. The number of thiazole rings is 1. The zero-order valence-electron chi connectivity index (χ0n) is 12.5. The highest BCUT2D eigenvalue weighted by Crippen LogP contribution is 2.19. The largest absolute Gasteiger partial charge is 0.340 e. The van der Waals surface area contributed by atoms with Gasteiger partial charge < -0.3 is 16.0 Å². The van der Waals surface area contributed by atoms with Crippen molar-refractivity contribution in [2.24, 2.45) is 11.1 Å². The standard InChI is InChI=1S/C12H20N4O2S.2ClH/c1-8(17)14-11-15-9(5-19-11)10(18)16(4)7-12(2,3)6-13;;/h5H,6-7,13H2,1-4H3,(H,14,15,17);2*1H. The van der Waals surface area contributed by atoms with Crippen molar-refractivity contribution in [1.29, 1.82) is 0 Å². The van der Waals surface area contributed by atoms with Crippen molar-refractivity contribution in [2.45, 2.75) is 20.8 Å². The monoisotopic (exact) mass is 356 g/mol. The summed E-state index contributed by atoms with van der Waals surface area (Å²) in [6.07, 6.45) is 0. The number of nitrogens with one attached hydrogen (secondary N) is 1. The van der Waals surface area contributed by atoms with E-state index in [2.05, 4.69) is 10.3 Å². The summed E-state index contributed by atoms with van der Waals surface area (Å²) in [5, 5.41) is 4.63. The molecule has 21 heavy (non-hydrogen) atoms. The van der Waals surface area contributed by atoms with Crippen LogP contribution in [0.5, 0.6) is 0 Å². The average Bonchev–Trinajstić information content (AvgIpc) is 2.75. The van der Waals surface area contributed by atoms with Crippen LogP contribution >= 0.6 is 36.2 Å². The Kier molecular flexibility index (Phi) is 9.80. The van der Waals surface area contributed by atoms with Crippen LogP contribution < -0.4 is 11.1 Å². The normalized spacial score (nSPS) is 10.1. The molecular formula is C12H22Cl2N4O2S. The number of hydrogen-bond donors (Lipinski definition) is 2. The summed E-state index contributed by atoms with van der Waals surface area (Å²) >= 11 is 1.23.